The number of carbonyl (C=O) groups is 1. The Morgan fingerprint density at radius 3 is 2.70 bits per heavy atom. The number of rotatable bonds is 4. The molecule has 2 aliphatic heterocycles. The van der Waals surface area contributed by atoms with Crippen LogP contribution in [0.15, 0.2) is 60.4 Å². The van der Waals surface area contributed by atoms with Gasteiger partial charge in [-0.3, -0.25) is 9.69 Å². The number of methoxy groups -OCH3 is 1. The van der Waals surface area contributed by atoms with E-state index in [0.717, 1.165) is 11.1 Å². The Morgan fingerprint density at radius 2 is 1.93 bits per heavy atom. The molecule has 2 heterocycles. The molecule has 0 bridgehead atoms. The summed E-state index contributed by atoms with van der Waals surface area (Å²) in [6.45, 7) is 0.831. The first-order valence-corrected chi connectivity index (χ1v) is 8.75. The predicted octanol–water partition coefficient (Wildman–Crippen LogP) is 3.15. The normalized spacial score (nSPS) is 22.8. The average molecular weight is 367 g/mol. The molecule has 27 heavy (non-hydrogen) atoms. The molecule has 4 rings (SSSR count). The molecule has 0 radical (unpaired) electrons. The number of nitrogens with zero attached hydrogens (tertiary/aromatic N) is 1. The molecule has 2 aromatic rings. The molecular formula is C21H21NO5. The molecule has 1 fully saturated rings. The van der Waals surface area contributed by atoms with Crippen LogP contribution in [0.1, 0.15) is 11.6 Å². The van der Waals surface area contributed by atoms with Crippen LogP contribution in [0.2, 0.25) is 0 Å². The van der Waals surface area contributed by atoms with E-state index in [-0.39, 0.29) is 18.8 Å². The van der Waals surface area contributed by atoms with Crippen LogP contribution in [0.25, 0.3) is 0 Å². The third-order valence-corrected chi connectivity index (χ3v) is 4.91. The van der Waals surface area contributed by atoms with Crippen molar-refractivity contribution >= 4 is 5.97 Å². The second-order valence-corrected chi connectivity index (χ2v) is 6.60. The van der Waals surface area contributed by atoms with Gasteiger partial charge in [0.05, 0.1) is 19.4 Å². The van der Waals surface area contributed by atoms with E-state index in [0.29, 0.717) is 23.8 Å². The Labute approximate surface area is 157 Å². The van der Waals surface area contributed by atoms with Gasteiger partial charge in [0.1, 0.15) is 11.7 Å². The van der Waals surface area contributed by atoms with E-state index in [1.165, 1.54) is 7.11 Å². The fourth-order valence-electron chi connectivity index (χ4n) is 3.65. The molecule has 2 aromatic carbocycles. The molecule has 6 heteroatoms. The summed E-state index contributed by atoms with van der Waals surface area (Å²) in [5.41, 5.74) is 1.94. The highest BCUT2D eigenvalue weighted by Crippen LogP contribution is 2.41. The Balaban J connectivity index is 1.61. The summed E-state index contributed by atoms with van der Waals surface area (Å²) in [5.74, 6) is 1.29. The lowest BCUT2D eigenvalue weighted by molar-refractivity contribution is -0.145. The minimum absolute atomic E-state index is 0.0924. The van der Waals surface area contributed by atoms with Gasteiger partial charge in [-0.2, -0.15) is 0 Å². The first kappa shape index (κ1) is 17.4. The lowest BCUT2D eigenvalue weighted by atomic mass is 9.91. The molecule has 2 aliphatic rings. The van der Waals surface area contributed by atoms with Crippen LogP contribution < -0.4 is 14.2 Å². The van der Waals surface area contributed by atoms with Gasteiger partial charge < -0.3 is 18.9 Å². The summed E-state index contributed by atoms with van der Waals surface area (Å²) in [7, 11) is 3.41. The number of benzene rings is 2. The van der Waals surface area contributed by atoms with Crippen molar-refractivity contribution in [2.24, 2.45) is 5.92 Å². The molecule has 0 amide bonds. The zero-order chi connectivity index (χ0) is 18.8. The lowest BCUT2D eigenvalue weighted by Crippen LogP contribution is -2.26. The van der Waals surface area contributed by atoms with Crippen molar-refractivity contribution < 1.29 is 23.7 Å². The molecule has 1 saturated heterocycles. The predicted molar refractivity (Wildman–Crippen MR) is 98.6 cm³/mol. The average Bonchev–Trinajstić information content (AvgIpc) is 3.29. The van der Waals surface area contributed by atoms with Crippen molar-refractivity contribution in [2.75, 3.05) is 27.5 Å². The van der Waals surface area contributed by atoms with Gasteiger partial charge in [0.25, 0.3) is 0 Å². The van der Waals surface area contributed by atoms with E-state index in [2.05, 4.69) is 4.90 Å². The van der Waals surface area contributed by atoms with Gasteiger partial charge in [0.2, 0.25) is 6.79 Å². The molecule has 6 nitrogen and oxygen atoms in total. The van der Waals surface area contributed by atoms with Crippen LogP contribution in [-0.4, -0.2) is 38.4 Å². The van der Waals surface area contributed by atoms with Crippen molar-refractivity contribution in [3.63, 3.8) is 0 Å². The maximum Gasteiger partial charge on any atom is 0.314 e. The van der Waals surface area contributed by atoms with E-state index in [1.807, 2.05) is 49.5 Å². The SMILES string of the molecule is COC(=O)C1/C(=C/Oc2ccc3c(c2)OCO3)CN(C)C1c1ccccc1. The van der Waals surface area contributed by atoms with Crippen molar-refractivity contribution in [1.29, 1.82) is 0 Å². The first-order chi connectivity index (χ1) is 13.2. The Morgan fingerprint density at radius 1 is 1.15 bits per heavy atom. The van der Waals surface area contributed by atoms with E-state index < -0.39 is 5.92 Å². The largest absolute Gasteiger partial charge is 0.469 e. The highest BCUT2D eigenvalue weighted by atomic mass is 16.7. The molecule has 0 spiro atoms. The number of likely N-dealkylation sites (N-methyl/N-ethyl adjacent to an activating group) is 1. The fraction of sp³-hybridized carbons (Fsp3) is 0.286. The molecule has 2 unspecified atom stereocenters. The summed E-state index contributed by atoms with van der Waals surface area (Å²) in [6, 6.07) is 15.3. The van der Waals surface area contributed by atoms with Crippen molar-refractivity contribution in [3.05, 3.63) is 65.9 Å². The van der Waals surface area contributed by atoms with Gasteiger partial charge in [-0.1, -0.05) is 30.3 Å². The number of likely N-dealkylation sites (tertiary alicyclic amines) is 1. The lowest BCUT2D eigenvalue weighted by Gasteiger charge is -2.23. The summed E-state index contributed by atoms with van der Waals surface area (Å²) in [4.78, 5) is 14.7. The topological polar surface area (TPSA) is 57.2 Å². The molecule has 0 saturated carbocycles. The van der Waals surface area contributed by atoms with Gasteiger partial charge >= 0.3 is 5.97 Å². The van der Waals surface area contributed by atoms with Gasteiger partial charge in [-0.25, -0.2) is 0 Å². The monoisotopic (exact) mass is 367 g/mol. The van der Waals surface area contributed by atoms with Gasteiger partial charge in [-0.15, -0.1) is 0 Å². The van der Waals surface area contributed by atoms with E-state index in [9.17, 15) is 4.79 Å². The van der Waals surface area contributed by atoms with Crippen LogP contribution in [0, 0.1) is 5.92 Å². The van der Waals surface area contributed by atoms with Gasteiger partial charge in [-0.05, 0) is 30.3 Å². The van der Waals surface area contributed by atoms with Crippen molar-refractivity contribution in [3.8, 4) is 17.2 Å². The third kappa shape index (κ3) is 3.36. The van der Waals surface area contributed by atoms with Crippen molar-refractivity contribution in [2.45, 2.75) is 6.04 Å². The standard InChI is InChI=1S/C21H21NO5/c1-22-11-15(12-25-16-8-9-17-18(10-16)27-13-26-17)19(21(23)24-2)20(22)14-6-4-3-5-7-14/h3-10,12,19-20H,11,13H2,1-2H3/b15-12+. The minimum atomic E-state index is -0.420. The summed E-state index contributed by atoms with van der Waals surface area (Å²) < 4.78 is 21.6. The van der Waals surface area contributed by atoms with Gasteiger partial charge in [0.15, 0.2) is 11.5 Å². The second-order valence-electron chi connectivity index (χ2n) is 6.60. The molecule has 0 aromatic heterocycles. The second kappa shape index (κ2) is 7.32. The highest BCUT2D eigenvalue weighted by molar-refractivity contribution is 5.78. The number of hydrogen-bond acceptors (Lipinski definition) is 6. The number of carbonyl (C=O) groups excluding carboxylic acids is 1. The maximum absolute atomic E-state index is 12.5. The van der Waals surface area contributed by atoms with E-state index >= 15 is 0 Å². The number of hydrogen-bond donors (Lipinski definition) is 0. The third-order valence-electron chi connectivity index (χ3n) is 4.91. The molecule has 0 N–H and O–H groups in total. The molecule has 2 atom stereocenters. The number of fused-ring (bicyclic) bond motifs is 1. The van der Waals surface area contributed by atoms with Crippen LogP contribution in [0.5, 0.6) is 17.2 Å². The zero-order valence-corrected chi connectivity index (χ0v) is 15.3. The van der Waals surface area contributed by atoms with Gasteiger partial charge in [0, 0.05) is 12.6 Å². The summed E-state index contributed by atoms with van der Waals surface area (Å²) >= 11 is 0. The Hall–Kier alpha value is -2.99. The summed E-state index contributed by atoms with van der Waals surface area (Å²) in [6.07, 6.45) is 1.65. The molecule has 0 aliphatic carbocycles. The number of esters is 1. The Bertz CT molecular complexity index is 864. The molecule has 140 valence electrons. The maximum atomic E-state index is 12.5. The quantitative estimate of drug-likeness (QED) is 0.611. The first-order valence-electron chi connectivity index (χ1n) is 8.75. The van der Waals surface area contributed by atoms with Crippen LogP contribution >= 0.6 is 0 Å². The van der Waals surface area contributed by atoms with Crippen LogP contribution in [0.4, 0.5) is 0 Å². The summed E-state index contributed by atoms with van der Waals surface area (Å²) in [5, 5.41) is 0. The highest BCUT2D eigenvalue weighted by Gasteiger charge is 2.42. The minimum Gasteiger partial charge on any atom is -0.469 e. The fourth-order valence-corrected chi connectivity index (χ4v) is 3.65. The molecular weight excluding hydrogens is 346 g/mol. The van der Waals surface area contributed by atoms with Crippen molar-refractivity contribution in [1.82, 2.24) is 4.90 Å². The van der Waals surface area contributed by atoms with E-state index in [4.69, 9.17) is 18.9 Å². The van der Waals surface area contributed by atoms with E-state index in [1.54, 1.807) is 12.3 Å². The number of ether oxygens (including phenoxy) is 4. The van der Waals surface area contributed by atoms with Crippen LogP contribution in [0.3, 0.4) is 0 Å². The van der Waals surface area contributed by atoms with Crippen LogP contribution in [-0.2, 0) is 9.53 Å². The smallest absolute Gasteiger partial charge is 0.314 e. The zero-order valence-electron chi connectivity index (χ0n) is 15.3. The Kier molecular flexibility index (Phi) is 4.73.